The number of carbonyl (C=O) groups is 2. The molecule has 3 rings (SSSR count). The van der Waals surface area contributed by atoms with Crippen molar-refractivity contribution in [3.8, 4) is 5.75 Å². The second-order valence-electron chi connectivity index (χ2n) is 7.03. The largest absolute Gasteiger partial charge is 0.497 e. The monoisotopic (exact) mass is 413 g/mol. The molecule has 0 aromatic heterocycles. The van der Waals surface area contributed by atoms with Gasteiger partial charge >= 0.3 is 11.8 Å². The Morgan fingerprint density at radius 1 is 1.10 bits per heavy atom. The van der Waals surface area contributed by atoms with E-state index in [1.807, 2.05) is 24.3 Å². The first kappa shape index (κ1) is 21.3. The van der Waals surface area contributed by atoms with Crippen LogP contribution in [0.25, 0.3) is 0 Å². The molecule has 1 fully saturated rings. The van der Waals surface area contributed by atoms with E-state index in [0.717, 1.165) is 11.3 Å². The van der Waals surface area contributed by atoms with Gasteiger partial charge in [-0.25, -0.2) is 0 Å². The molecule has 158 valence electrons. The van der Waals surface area contributed by atoms with E-state index < -0.39 is 16.7 Å². The lowest BCUT2D eigenvalue weighted by Crippen LogP contribution is -2.47. The van der Waals surface area contributed by atoms with Crippen LogP contribution in [0, 0.1) is 10.1 Å². The summed E-state index contributed by atoms with van der Waals surface area (Å²) < 4.78 is 10.7. The molecule has 0 saturated carbocycles. The molecule has 0 bridgehead atoms. The topological polar surface area (TPSA) is 120 Å². The van der Waals surface area contributed by atoms with Gasteiger partial charge in [0.2, 0.25) is 0 Å². The maximum Gasteiger partial charge on any atom is 0.313 e. The number of nitrogens with zero attached hydrogens (tertiary/aromatic N) is 1. The minimum absolute atomic E-state index is 0.0291. The SMILES string of the molecule is COc1ccc(C2(CNC(=O)C(=O)Nc3ccccc3[N+](=O)[O-])CCOCC2)cc1. The van der Waals surface area contributed by atoms with Crippen LogP contribution in [0.5, 0.6) is 5.75 Å². The lowest BCUT2D eigenvalue weighted by atomic mass is 9.74. The molecule has 1 heterocycles. The molecule has 1 saturated heterocycles. The predicted octanol–water partition coefficient (Wildman–Crippen LogP) is 2.41. The number of methoxy groups -OCH3 is 1. The molecule has 9 heteroatoms. The molecule has 2 amide bonds. The first-order valence-corrected chi connectivity index (χ1v) is 9.50. The van der Waals surface area contributed by atoms with E-state index in [1.165, 1.54) is 18.2 Å². The molecule has 2 N–H and O–H groups in total. The molecular formula is C21H23N3O6. The molecule has 1 aliphatic heterocycles. The van der Waals surface area contributed by atoms with Crippen molar-refractivity contribution >= 4 is 23.2 Å². The van der Waals surface area contributed by atoms with Gasteiger partial charge in [0.05, 0.1) is 12.0 Å². The zero-order valence-corrected chi connectivity index (χ0v) is 16.6. The second-order valence-corrected chi connectivity index (χ2v) is 7.03. The fraction of sp³-hybridized carbons (Fsp3) is 0.333. The summed E-state index contributed by atoms with van der Waals surface area (Å²) in [4.78, 5) is 35.2. The molecule has 0 radical (unpaired) electrons. The van der Waals surface area contributed by atoms with E-state index >= 15 is 0 Å². The van der Waals surface area contributed by atoms with Crippen molar-refractivity contribution in [2.45, 2.75) is 18.3 Å². The van der Waals surface area contributed by atoms with Crippen LogP contribution in [0.1, 0.15) is 18.4 Å². The van der Waals surface area contributed by atoms with Crippen molar-refractivity contribution in [3.05, 3.63) is 64.2 Å². The highest BCUT2D eigenvalue weighted by atomic mass is 16.6. The van der Waals surface area contributed by atoms with Crippen molar-refractivity contribution in [2.24, 2.45) is 0 Å². The van der Waals surface area contributed by atoms with Crippen LogP contribution in [0.15, 0.2) is 48.5 Å². The first-order valence-electron chi connectivity index (χ1n) is 9.50. The maximum absolute atomic E-state index is 12.4. The molecule has 0 aliphatic carbocycles. The highest BCUT2D eigenvalue weighted by molar-refractivity contribution is 6.39. The number of hydrogen-bond donors (Lipinski definition) is 2. The van der Waals surface area contributed by atoms with Gasteiger partial charge in [-0.2, -0.15) is 0 Å². The number of carbonyl (C=O) groups excluding carboxylic acids is 2. The number of ether oxygens (including phenoxy) is 2. The zero-order chi connectivity index (χ0) is 21.6. The van der Waals surface area contributed by atoms with Crippen LogP contribution in [-0.2, 0) is 19.7 Å². The molecule has 0 spiro atoms. The van der Waals surface area contributed by atoms with Crippen LogP contribution in [0.2, 0.25) is 0 Å². The van der Waals surface area contributed by atoms with Gasteiger partial charge in [0.25, 0.3) is 5.69 Å². The number of nitro groups is 1. The Labute approximate surface area is 173 Å². The molecule has 2 aromatic carbocycles. The molecule has 1 aliphatic rings. The average molecular weight is 413 g/mol. The van der Waals surface area contributed by atoms with E-state index in [2.05, 4.69) is 10.6 Å². The highest BCUT2D eigenvalue weighted by Gasteiger charge is 2.35. The summed E-state index contributed by atoms with van der Waals surface area (Å²) >= 11 is 0. The van der Waals surface area contributed by atoms with Crippen molar-refractivity contribution in [1.29, 1.82) is 0 Å². The van der Waals surface area contributed by atoms with Gasteiger partial charge in [-0.1, -0.05) is 24.3 Å². The smallest absolute Gasteiger partial charge is 0.313 e. The van der Waals surface area contributed by atoms with Crippen molar-refractivity contribution in [3.63, 3.8) is 0 Å². The van der Waals surface area contributed by atoms with E-state index in [0.29, 0.717) is 26.1 Å². The van der Waals surface area contributed by atoms with Crippen molar-refractivity contribution in [2.75, 3.05) is 32.2 Å². The first-order chi connectivity index (χ1) is 14.4. The number of anilines is 1. The number of benzene rings is 2. The lowest BCUT2D eigenvalue weighted by molar-refractivity contribution is -0.383. The molecule has 0 atom stereocenters. The number of rotatable bonds is 6. The van der Waals surface area contributed by atoms with Gasteiger partial charge in [-0.05, 0) is 36.6 Å². The maximum atomic E-state index is 12.4. The summed E-state index contributed by atoms with van der Waals surface area (Å²) in [5.74, 6) is -1.08. The lowest BCUT2D eigenvalue weighted by Gasteiger charge is -2.38. The van der Waals surface area contributed by atoms with Gasteiger partial charge < -0.3 is 20.1 Å². The third-order valence-corrected chi connectivity index (χ3v) is 5.29. The van der Waals surface area contributed by atoms with Crippen LogP contribution in [-0.4, -0.2) is 43.6 Å². The van der Waals surface area contributed by atoms with E-state index in [-0.39, 0.29) is 23.3 Å². The summed E-state index contributed by atoms with van der Waals surface area (Å²) in [6.07, 6.45) is 1.37. The fourth-order valence-corrected chi connectivity index (χ4v) is 3.52. The molecule has 30 heavy (non-hydrogen) atoms. The van der Waals surface area contributed by atoms with Gasteiger partial charge in [0.15, 0.2) is 0 Å². The third-order valence-electron chi connectivity index (χ3n) is 5.29. The number of hydrogen-bond acceptors (Lipinski definition) is 6. The standard InChI is InChI=1S/C21H23N3O6/c1-29-16-8-6-15(7-9-16)21(10-12-30-13-11-21)14-22-19(25)20(26)23-17-4-2-3-5-18(17)24(27)28/h2-9H,10-14H2,1H3,(H,22,25)(H,23,26). The molecule has 9 nitrogen and oxygen atoms in total. The average Bonchev–Trinajstić information content (AvgIpc) is 2.78. The number of nitrogens with one attached hydrogen (secondary N) is 2. The Balaban J connectivity index is 1.70. The predicted molar refractivity (Wildman–Crippen MR) is 109 cm³/mol. The van der Waals surface area contributed by atoms with Crippen LogP contribution in [0.3, 0.4) is 0 Å². The Bertz CT molecular complexity index is 923. The Morgan fingerprint density at radius 3 is 2.40 bits per heavy atom. The fourth-order valence-electron chi connectivity index (χ4n) is 3.52. The minimum atomic E-state index is -0.957. The zero-order valence-electron chi connectivity index (χ0n) is 16.6. The summed E-state index contributed by atoms with van der Waals surface area (Å²) in [7, 11) is 1.59. The second kappa shape index (κ2) is 9.36. The van der Waals surface area contributed by atoms with Gasteiger partial charge in [0, 0.05) is 31.2 Å². The van der Waals surface area contributed by atoms with E-state index in [9.17, 15) is 19.7 Å². The highest BCUT2D eigenvalue weighted by Crippen LogP contribution is 2.35. The van der Waals surface area contributed by atoms with Crippen LogP contribution < -0.4 is 15.4 Å². The van der Waals surface area contributed by atoms with Gasteiger partial charge in [0.1, 0.15) is 11.4 Å². The summed E-state index contributed by atoms with van der Waals surface area (Å²) in [6.45, 7) is 1.33. The normalized spacial score (nSPS) is 15.1. The van der Waals surface area contributed by atoms with Crippen LogP contribution in [0.4, 0.5) is 11.4 Å². The van der Waals surface area contributed by atoms with Gasteiger partial charge in [-0.15, -0.1) is 0 Å². The Hall–Kier alpha value is -3.46. The van der Waals surface area contributed by atoms with Gasteiger partial charge in [-0.3, -0.25) is 19.7 Å². The Morgan fingerprint density at radius 2 is 1.77 bits per heavy atom. The summed E-state index contributed by atoms with van der Waals surface area (Å²) in [5, 5.41) is 16.1. The molecule has 0 unspecified atom stereocenters. The van der Waals surface area contributed by atoms with Crippen LogP contribution >= 0.6 is 0 Å². The molecule has 2 aromatic rings. The quantitative estimate of drug-likeness (QED) is 0.426. The molecular weight excluding hydrogens is 390 g/mol. The number of nitro benzene ring substituents is 1. The third kappa shape index (κ3) is 4.74. The summed E-state index contributed by atoms with van der Waals surface area (Å²) in [6, 6.07) is 13.3. The van der Waals surface area contributed by atoms with Crippen molar-refractivity contribution < 1.29 is 24.0 Å². The van der Waals surface area contributed by atoms with E-state index in [4.69, 9.17) is 9.47 Å². The number of amides is 2. The van der Waals surface area contributed by atoms with Crippen molar-refractivity contribution in [1.82, 2.24) is 5.32 Å². The van der Waals surface area contributed by atoms with E-state index in [1.54, 1.807) is 13.2 Å². The number of para-hydroxylation sites is 2. The summed E-state index contributed by atoms with van der Waals surface area (Å²) in [5.41, 5.74) is 0.335. The minimum Gasteiger partial charge on any atom is -0.497 e. The Kier molecular flexibility index (Phi) is 6.63.